The lowest BCUT2D eigenvalue weighted by molar-refractivity contribution is 0.281. The van der Waals surface area contributed by atoms with Gasteiger partial charge in [-0.3, -0.25) is 4.90 Å². The molecule has 0 spiro atoms. The summed E-state index contributed by atoms with van der Waals surface area (Å²) >= 11 is 0. The first-order chi connectivity index (χ1) is 7.36. The van der Waals surface area contributed by atoms with Gasteiger partial charge in [0, 0.05) is 0 Å². The zero-order chi connectivity index (χ0) is 10.3. The lowest BCUT2D eigenvalue weighted by Gasteiger charge is -2.26. The van der Waals surface area contributed by atoms with Crippen LogP contribution >= 0.6 is 0 Å². The van der Waals surface area contributed by atoms with Crippen LogP contribution in [0, 0.1) is 0 Å². The van der Waals surface area contributed by atoms with Crippen molar-refractivity contribution in [2.75, 3.05) is 13.1 Å². The first-order valence-corrected chi connectivity index (χ1v) is 5.87. The summed E-state index contributed by atoms with van der Waals surface area (Å²) in [6, 6.07) is 9.38. The molecule has 1 aliphatic heterocycles. The molecule has 78 valence electrons. The fraction of sp³-hybridized carbons (Fsp3) is 0.429. The summed E-state index contributed by atoms with van der Waals surface area (Å²) in [4.78, 5) is 2.62. The van der Waals surface area contributed by atoms with Crippen LogP contribution in [0.25, 0.3) is 6.08 Å². The number of nitrogens with zero attached hydrogens (tertiary/aromatic N) is 1. The van der Waals surface area contributed by atoms with Crippen molar-refractivity contribution < 1.29 is 0 Å². The quantitative estimate of drug-likeness (QED) is 0.671. The molecular weight excluding hydrogens is 182 g/mol. The minimum absolute atomic E-state index is 0.573. The Balaban J connectivity index is 1.99. The molecule has 1 saturated heterocycles. The Hall–Kier alpha value is -1.08. The summed E-state index contributed by atoms with van der Waals surface area (Å²) in [6.07, 6.45) is 5.08. The first-order valence-electron chi connectivity index (χ1n) is 5.87. The van der Waals surface area contributed by atoms with Crippen LogP contribution in [-0.4, -0.2) is 18.0 Å². The Kier molecular flexibility index (Phi) is 2.14. The normalized spacial score (nSPS) is 25.4. The topological polar surface area (TPSA) is 3.24 Å². The second kappa shape index (κ2) is 3.49. The molecule has 0 aromatic heterocycles. The van der Waals surface area contributed by atoms with Crippen molar-refractivity contribution in [3.63, 3.8) is 0 Å². The van der Waals surface area contributed by atoms with Crippen LogP contribution in [0.3, 0.4) is 0 Å². The van der Waals surface area contributed by atoms with Gasteiger partial charge < -0.3 is 0 Å². The molecule has 1 heterocycles. The molecule has 1 unspecified atom stereocenters. The number of benzene rings is 1. The zero-order valence-corrected chi connectivity index (χ0v) is 9.24. The van der Waals surface area contributed by atoms with Crippen molar-refractivity contribution in [2.45, 2.75) is 25.8 Å². The Morgan fingerprint density at radius 1 is 1.13 bits per heavy atom. The SMILES string of the molecule is CC1=Cc2ccccc2C1N1CCCC1. The van der Waals surface area contributed by atoms with Crippen molar-refractivity contribution in [1.29, 1.82) is 0 Å². The molecule has 1 atom stereocenters. The molecule has 1 nitrogen and oxygen atoms in total. The molecule has 1 aliphatic carbocycles. The third-order valence-electron chi connectivity index (χ3n) is 3.61. The van der Waals surface area contributed by atoms with E-state index in [0.29, 0.717) is 6.04 Å². The smallest absolute Gasteiger partial charge is 0.0567 e. The highest BCUT2D eigenvalue weighted by molar-refractivity contribution is 5.65. The van der Waals surface area contributed by atoms with Gasteiger partial charge in [-0.1, -0.05) is 35.9 Å². The van der Waals surface area contributed by atoms with E-state index in [0.717, 1.165) is 0 Å². The lowest BCUT2D eigenvalue weighted by Crippen LogP contribution is -2.25. The molecule has 15 heavy (non-hydrogen) atoms. The number of hydrogen-bond acceptors (Lipinski definition) is 1. The van der Waals surface area contributed by atoms with Crippen molar-refractivity contribution in [1.82, 2.24) is 4.90 Å². The Morgan fingerprint density at radius 3 is 2.67 bits per heavy atom. The summed E-state index contributed by atoms with van der Waals surface area (Å²) in [6.45, 7) is 4.80. The first kappa shape index (κ1) is 9.17. The number of likely N-dealkylation sites (tertiary alicyclic amines) is 1. The van der Waals surface area contributed by atoms with Crippen molar-refractivity contribution in [2.24, 2.45) is 0 Å². The third-order valence-corrected chi connectivity index (χ3v) is 3.61. The van der Waals surface area contributed by atoms with Crippen LogP contribution in [0.1, 0.15) is 36.9 Å². The van der Waals surface area contributed by atoms with Crippen LogP contribution in [0.4, 0.5) is 0 Å². The molecule has 0 radical (unpaired) electrons. The molecule has 1 aromatic carbocycles. The second-order valence-electron chi connectivity index (χ2n) is 4.66. The van der Waals surface area contributed by atoms with Gasteiger partial charge in [-0.2, -0.15) is 0 Å². The van der Waals surface area contributed by atoms with Gasteiger partial charge in [0.25, 0.3) is 0 Å². The standard InChI is InChI=1S/C14H17N/c1-11-10-12-6-2-3-7-13(12)14(11)15-8-4-5-9-15/h2-3,6-7,10,14H,4-5,8-9H2,1H3. The molecule has 2 aliphatic rings. The average molecular weight is 199 g/mol. The summed E-state index contributed by atoms with van der Waals surface area (Å²) in [5.74, 6) is 0. The summed E-state index contributed by atoms with van der Waals surface area (Å²) < 4.78 is 0. The maximum atomic E-state index is 2.62. The Bertz CT molecular complexity index is 400. The molecule has 1 fully saturated rings. The number of hydrogen-bond donors (Lipinski definition) is 0. The van der Waals surface area contributed by atoms with E-state index in [1.807, 2.05) is 0 Å². The van der Waals surface area contributed by atoms with Crippen LogP contribution in [-0.2, 0) is 0 Å². The predicted molar refractivity (Wildman–Crippen MR) is 63.6 cm³/mol. The molecule has 1 aromatic rings. The van der Waals surface area contributed by atoms with Gasteiger partial charge in [0.05, 0.1) is 6.04 Å². The minimum atomic E-state index is 0.573. The van der Waals surface area contributed by atoms with Gasteiger partial charge in [-0.25, -0.2) is 0 Å². The molecule has 3 rings (SSSR count). The van der Waals surface area contributed by atoms with Crippen molar-refractivity contribution >= 4 is 6.08 Å². The highest BCUT2D eigenvalue weighted by atomic mass is 15.2. The lowest BCUT2D eigenvalue weighted by atomic mass is 10.0. The fourth-order valence-corrected chi connectivity index (χ4v) is 2.95. The van der Waals surface area contributed by atoms with Gasteiger partial charge in [-0.15, -0.1) is 0 Å². The van der Waals surface area contributed by atoms with E-state index in [9.17, 15) is 0 Å². The average Bonchev–Trinajstić information content (AvgIpc) is 2.82. The van der Waals surface area contributed by atoms with Gasteiger partial charge >= 0.3 is 0 Å². The van der Waals surface area contributed by atoms with Gasteiger partial charge in [0.1, 0.15) is 0 Å². The summed E-state index contributed by atoms with van der Waals surface area (Å²) in [5.41, 5.74) is 4.45. The van der Waals surface area contributed by atoms with E-state index in [4.69, 9.17) is 0 Å². The number of fused-ring (bicyclic) bond motifs is 1. The monoisotopic (exact) mass is 199 g/mol. The van der Waals surface area contributed by atoms with E-state index in [2.05, 4.69) is 42.2 Å². The molecule has 1 heteroatoms. The Morgan fingerprint density at radius 2 is 1.87 bits per heavy atom. The minimum Gasteiger partial charge on any atom is -0.293 e. The van der Waals surface area contributed by atoms with Crippen molar-refractivity contribution in [3.05, 3.63) is 41.0 Å². The van der Waals surface area contributed by atoms with Crippen LogP contribution in [0.2, 0.25) is 0 Å². The molecule has 0 amide bonds. The van der Waals surface area contributed by atoms with E-state index < -0.39 is 0 Å². The van der Waals surface area contributed by atoms with E-state index >= 15 is 0 Å². The van der Waals surface area contributed by atoms with E-state index in [1.54, 1.807) is 0 Å². The second-order valence-corrected chi connectivity index (χ2v) is 4.66. The van der Waals surface area contributed by atoms with Crippen LogP contribution in [0.5, 0.6) is 0 Å². The highest BCUT2D eigenvalue weighted by Gasteiger charge is 2.29. The molecular formula is C14H17N. The van der Waals surface area contributed by atoms with Crippen LogP contribution < -0.4 is 0 Å². The van der Waals surface area contributed by atoms with Crippen molar-refractivity contribution in [3.8, 4) is 0 Å². The summed E-state index contributed by atoms with van der Waals surface area (Å²) in [7, 11) is 0. The van der Waals surface area contributed by atoms with Crippen LogP contribution in [0.15, 0.2) is 29.8 Å². The number of rotatable bonds is 1. The van der Waals surface area contributed by atoms with Gasteiger partial charge in [0.15, 0.2) is 0 Å². The highest BCUT2D eigenvalue weighted by Crippen LogP contribution is 2.39. The summed E-state index contributed by atoms with van der Waals surface area (Å²) in [5, 5.41) is 0. The zero-order valence-electron chi connectivity index (χ0n) is 9.24. The maximum absolute atomic E-state index is 2.62. The predicted octanol–water partition coefficient (Wildman–Crippen LogP) is 3.24. The third kappa shape index (κ3) is 1.42. The molecule has 0 bridgehead atoms. The van der Waals surface area contributed by atoms with Gasteiger partial charge in [0.2, 0.25) is 0 Å². The largest absolute Gasteiger partial charge is 0.293 e. The fourth-order valence-electron chi connectivity index (χ4n) is 2.95. The molecule has 0 saturated carbocycles. The van der Waals surface area contributed by atoms with E-state index in [1.165, 1.54) is 42.6 Å². The maximum Gasteiger partial charge on any atom is 0.0567 e. The van der Waals surface area contributed by atoms with E-state index in [-0.39, 0.29) is 0 Å². The Labute approximate surface area is 91.4 Å². The van der Waals surface area contributed by atoms with Gasteiger partial charge in [-0.05, 0) is 44.0 Å². The molecule has 0 N–H and O–H groups in total.